The van der Waals surface area contributed by atoms with Gasteiger partial charge in [-0.3, -0.25) is 0 Å². The molecule has 30 heavy (non-hydrogen) atoms. The maximum Gasteiger partial charge on any atom is 0.511 e. The molecule has 1 aliphatic rings. The maximum absolute atomic E-state index is 12.7. The van der Waals surface area contributed by atoms with Crippen molar-refractivity contribution in [1.82, 2.24) is 14.9 Å². The monoisotopic (exact) mass is 564 g/mol. The summed E-state index contributed by atoms with van der Waals surface area (Å²) in [4.78, 5) is 4.53. The molecule has 1 heterocycles. The number of guanidine groups is 1. The lowest BCUT2D eigenvalue weighted by atomic mass is 10.1. The number of para-hydroxylation sites is 1. The third kappa shape index (κ3) is 7.15. The molecule has 0 saturated carbocycles. The Kier molecular flexibility index (Phi) is 10.6. The van der Waals surface area contributed by atoms with E-state index in [9.17, 15) is 21.6 Å². The molecule has 0 spiro atoms. The van der Waals surface area contributed by atoms with Crippen LogP contribution in [0.15, 0.2) is 29.3 Å². The van der Waals surface area contributed by atoms with E-state index in [2.05, 4.69) is 15.6 Å². The predicted molar refractivity (Wildman–Crippen MR) is 121 cm³/mol. The molecule has 0 radical (unpaired) electrons. The summed E-state index contributed by atoms with van der Waals surface area (Å²) in [5.41, 5.74) is -4.35. The van der Waals surface area contributed by atoms with Gasteiger partial charge in [-0.2, -0.15) is 17.5 Å². The van der Waals surface area contributed by atoms with E-state index in [1.807, 2.05) is 38.1 Å². The molecule has 172 valence electrons. The second-order valence-corrected chi connectivity index (χ2v) is 8.43. The lowest BCUT2D eigenvalue weighted by Crippen LogP contribution is -2.51. The maximum atomic E-state index is 12.7. The van der Waals surface area contributed by atoms with Gasteiger partial charge in [0, 0.05) is 31.2 Å². The molecule has 0 aromatic heterocycles. The number of aliphatic imine (C=N–C) groups is 1. The first-order valence-corrected chi connectivity index (χ1v) is 10.9. The van der Waals surface area contributed by atoms with Gasteiger partial charge in [0.2, 0.25) is 0 Å². The normalized spacial score (nSPS) is 16.6. The summed E-state index contributed by atoms with van der Waals surface area (Å²) in [7, 11) is -5.27. The summed E-state index contributed by atoms with van der Waals surface area (Å²) < 4.78 is 67.2. The number of alkyl halides is 3. The molecular formula is C18H28F3IN4O3S. The van der Waals surface area contributed by atoms with Gasteiger partial charge in [0.1, 0.15) is 5.75 Å². The van der Waals surface area contributed by atoms with Crippen LogP contribution in [0.25, 0.3) is 0 Å². The number of nitrogens with one attached hydrogen (secondary N) is 2. The molecule has 0 bridgehead atoms. The van der Waals surface area contributed by atoms with Crippen LogP contribution < -0.4 is 15.4 Å². The van der Waals surface area contributed by atoms with Crippen LogP contribution in [0.1, 0.15) is 32.3 Å². The molecule has 7 nitrogen and oxygen atoms in total. The number of hydrogen-bond donors (Lipinski definition) is 2. The first-order chi connectivity index (χ1) is 13.7. The Morgan fingerprint density at radius 1 is 1.23 bits per heavy atom. The zero-order valence-corrected chi connectivity index (χ0v) is 20.1. The fourth-order valence-corrected chi connectivity index (χ4v) is 3.98. The number of nitrogens with zero attached hydrogens (tertiary/aromatic N) is 2. The third-order valence-electron chi connectivity index (χ3n) is 4.45. The summed E-state index contributed by atoms with van der Waals surface area (Å²) in [6.07, 6.45) is 0.518. The lowest BCUT2D eigenvalue weighted by Gasteiger charge is -2.32. The highest BCUT2D eigenvalue weighted by atomic mass is 127. The number of hydrogen-bond acceptors (Lipinski definition) is 4. The van der Waals surface area contributed by atoms with E-state index in [1.54, 1.807) is 0 Å². The van der Waals surface area contributed by atoms with Gasteiger partial charge in [-0.1, -0.05) is 18.2 Å². The molecule has 0 unspecified atom stereocenters. The van der Waals surface area contributed by atoms with E-state index in [4.69, 9.17) is 4.74 Å². The van der Waals surface area contributed by atoms with Gasteiger partial charge in [0.25, 0.3) is 0 Å². The highest BCUT2D eigenvalue weighted by molar-refractivity contribution is 14.0. The molecule has 12 heteroatoms. The van der Waals surface area contributed by atoms with Crippen molar-refractivity contribution in [3.8, 4) is 5.75 Å². The van der Waals surface area contributed by atoms with Crippen molar-refractivity contribution in [1.29, 1.82) is 0 Å². The first-order valence-electron chi connectivity index (χ1n) is 9.51. The van der Waals surface area contributed by atoms with E-state index < -0.39 is 15.5 Å². The minimum atomic E-state index is -5.27. The molecule has 0 atom stereocenters. The molecule has 0 aliphatic carbocycles. The van der Waals surface area contributed by atoms with Crippen molar-refractivity contribution in [2.45, 2.75) is 44.8 Å². The van der Waals surface area contributed by atoms with Gasteiger partial charge in [-0.05, 0) is 32.8 Å². The molecule has 2 rings (SSSR count). The largest absolute Gasteiger partial charge is 0.511 e. The topological polar surface area (TPSA) is 83.0 Å². The van der Waals surface area contributed by atoms with Crippen LogP contribution >= 0.6 is 24.0 Å². The average Bonchev–Trinajstić information content (AvgIpc) is 2.67. The smallest absolute Gasteiger partial charge is 0.494 e. The van der Waals surface area contributed by atoms with Gasteiger partial charge in [0.15, 0.2) is 5.96 Å². The molecule has 0 amide bonds. The third-order valence-corrected chi connectivity index (χ3v) is 6.08. The summed E-state index contributed by atoms with van der Waals surface area (Å²) in [6.45, 7) is 4.95. The number of halogens is 4. The Hall–Kier alpha value is -1.28. The summed E-state index contributed by atoms with van der Waals surface area (Å²) in [5.74, 6) is 1.27. The summed E-state index contributed by atoms with van der Waals surface area (Å²) in [6, 6.07) is 7.38. The SMILES string of the molecule is CCNC(=NCc1ccccc1OCC)NC1CCN(S(=O)(=O)C(F)(F)F)CC1.I. The highest BCUT2D eigenvalue weighted by Gasteiger charge is 2.50. The second-order valence-electron chi connectivity index (χ2n) is 6.50. The first kappa shape index (κ1) is 26.8. The Labute approximate surface area is 192 Å². The number of rotatable bonds is 7. The van der Waals surface area contributed by atoms with Crippen LogP contribution in [0, 0.1) is 0 Å². The second kappa shape index (κ2) is 11.9. The standard InChI is InChI=1S/C18H27F3N4O3S.HI/c1-3-22-17(23-13-14-7-5-6-8-16(14)28-4-2)24-15-9-11-25(12-10-15)29(26,27)18(19,20)21;/h5-8,15H,3-4,9-13H2,1-2H3,(H2,22,23,24);1H. The number of benzene rings is 1. The minimum Gasteiger partial charge on any atom is -0.494 e. The minimum absolute atomic E-state index is 0. The zero-order chi connectivity index (χ0) is 21.5. The fraction of sp³-hybridized carbons (Fsp3) is 0.611. The van der Waals surface area contributed by atoms with E-state index in [1.165, 1.54) is 0 Å². The van der Waals surface area contributed by atoms with Gasteiger partial charge in [-0.25, -0.2) is 13.4 Å². The molecule has 1 fully saturated rings. The fourth-order valence-electron chi connectivity index (χ4n) is 3.00. The van der Waals surface area contributed by atoms with Crippen LogP contribution in [0.5, 0.6) is 5.75 Å². The summed E-state index contributed by atoms with van der Waals surface area (Å²) >= 11 is 0. The molecule has 1 aliphatic heterocycles. The Bertz CT molecular complexity index is 798. The Morgan fingerprint density at radius 2 is 1.87 bits per heavy atom. The molecular weight excluding hydrogens is 536 g/mol. The molecule has 1 saturated heterocycles. The van der Waals surface area contributed by atoms with Gasteiger partial charge in [0.05, 0.1) is 13.2 Å². The lowest BCUT2D eigenvalue weighted by molar-refractivity contribution is -0.0494. The van der Waals surface area contributed by atoms with Gasteiger partial charge < -0.3 is 15.4 Å². The Balaban J connectivity index is 0.00000450. The van der Waals surface area contributed by atoms with Crippen LogP contribution in [-0.2, 0) is 16.6 Å². The predicted octanol–water partition coefficient (Wildman–Crippen LogP) is 3.07. The zero-order valence-electron chi connectivity index (χ0n) is 16.9. The molecule has 1 aromatic rings. The quantitative estimate of drug-likeness (QED) is 0.302. The van der Waals surface area contributed by atoms with Crippen molar-refractivity contribution < 1.29 is 26.3 Å². The summed E-state index contributed by atoms with van der Waals surface area (Å²) in [5, 5.41) is 6.29. The van der Waals surface area contributed by atoms with E-state index in [0.717, 1.165) is 11.3 Å². The van der Waals surface area contributed by atoms with Crippen LogP contribution in [0.3, 0.4) is 0 Å². The van der Waals surface area contributed by atoms with Crippen molar-refractivity contribution >= 4 is 40.0 Å². The number of ether oxygens (including phenoxy) is 1. The van der Waals surface area contributed by atoms with E-state index in [0.29, 0.717) is 30.0 Å². The van der Waals surface area contributed by atoms with E-state index in [-0.39, 0.29) is 55.9 Å². The molecule has 2 N–H and O–H groups in total. The van der Waals surface area contributed by atoms with Gasteiger partial charge in [-0.15, -0.1) is 24.0 Å². The molecule has 1 aromatic carbocycles. The van der Waals surface area contributed by atoms with Crippen LogP contribution in [-0.4, -0.2) is 56.5 Å². The Morgan fingerprint density at radius 3 is 2.43 bits per heavy atom. The van der Waals surface area contributed by atoms with Gasteiger partial charge >= 0.3 is 15.5 Å². The number of piperidine rings is 1. The van der Waals surface area contributed by atoms with Crippen molar-refractivity contribution in [2.75, 3.05) is 26.2 Å². The van der Waals surface area contributed by atoms with Crippen LogP contribution in [0.2, 0.25) is 0 Å². The van der Waals surface area contributed by atoms with Crippen LogP contribution in [0.4, 0.5) is 13.2 Å². The van der Waals surface area contributed by atoms with Crippen molar-refractivity contribution in [2.24, 2.45) is 4.99 Å². The number of sulfonamides is 1. The van der Waals surface area contributed by atoms with Crippen molar-refractivity contribution in [3.63, 3.8) is 0 Å². The van der Waals surface area contributed by atoms with E-state index >= 15 is 0 Å². The highest BCUT2D eigenvalue weighted by Crippen LogP contribution is 2.29. The van der Waals surface area contributed by atoms with Crippen molar-refractivity contribution in [3.05, 3.63) is 29.8 Å². The average molecular weight is 564 g/mol.